The van der Waals surface area contributed by atoms with Crippen LogP contribution in [0.5, 0.6) is 5.75 Å². The second kappa shape index (κ2) is 8.89. The van der Waals surface area contributed by atoms with E-state index in [0.29, 0.717) is 17.3 Å². The third-order valence-corrected chi connectivity index (χ3v) is 5.06. The van der Waals surface area contributed by atoms with Gasteiger partial charge in [-0.25, -0.2) is 4.39 Å². The van der Waals surface area contributed by atoms with Crippen LogP contribution in [0.3, 0.4) is 0 Å². The Kier molecular flexibility index (Phi) is 6.57. The molecule has 0 heterocycles. The molecule has 0 fully saturated rings. The lowest BCUT2D eigenvalue weighted by atomic mass is 10.2. The SMILES string of the molecule is Fc1cccc(COc2c(Br)cc(CNc3cccc(Cl)c3)cc2Br)c1. The van der Waals surface area contributed by atoms with Crippen molar-refractivity contribution in [1.82, 2.24) is 0 Å². The molecule has 6 heteroatoms. The first-order valence-corrected chi connectivity index (χ1v) is 9.82. The topological polar surface area (TPSA) is 21.3 Å². The van der Waals surface area contributed by atoms with Gasteiger partial charge in [0.25, 0.3) is 0 Å². The molecule has 3 aromatic carbocycles. The van der Waals surface area contributed by atoms with Crippen LogP contribution in [0.1, 0.15) is 11.1 Å². The fourth-order valence-corrected chi connectivity index (χ4v) is 4.14. The summed E-state index contributed by atoms with van der Waals surface area (Å²) in [7, 11) is 0. The van der Waals surface area contributed by atoms with Gasteiger partial charge in [-0.15, -0.1) is 0 Å². The minimum absolute atomic E-state index is 0.272. The van der Waals surface area contributed by atoms with Crippen molar-refractivity contribution in [2.45, 2.75) is 13.2 Å². The standard InChI is InChI=1S/C20H15Br2ClFNO/c21-18-8-14(11-25-17-6-2-4-15(23)10-17)9-19(22)20(18)26-12-13-3-1-5-16(24)7-13/h1-10,25H,11-12H2. The third-order valence-electron chi connectivity index (χ3n) is 3.65. The van der Waals surface area contributed by atoms with E-state index in [1.165, 1.54) is 12.1 Å². The maximum Gasteiger partial charge on any atom is 0.148 e. The Morgan fingerprint density at radius 3 is 2.35 bits per heavy atom. The number of halogens is 4. The van der Waals surface area contributed by atoms with Gasteiger partial charge in [0.2, 0.25) is 0 Å². The van der Waals surface area contributed by atoms with Gasteiger partial charge in [-0.3, -0.25) is 0 Å². The van der Waals surface area contributed by atoms with Crippen LogP contribution in [-0.2, 0) is 13.2 Å². The van der Waals surface area contributed by atoms with Gasteiger partial charge in [-0.1, -0.05) is 29.8 Å². The molecule has 134 valence electrons. The molecule has 26 heavy (non-hydrogen) atoms. The molecule has 0 unspecified atom stereocenters. The molecule has 0 atom stereocenters. The molecule has 1 N–H and O–H groups in total. The van der Waals surface area contributed by atoms with E-state index in [1.54, 1.807) is 6.07 Å². The van der Waals surface area contributed by atoms with Crippen LogP contribution in [0.2, 0.25) is 5.02 Å². The van der Waals surface area contributed by atoms with Gasteiger partial charge < -0.3 is 10.1 Å². The molecule has 0 aliphatic carbocycles. The third kappa shape index (κ3) is 5.22. The molecule has 0 aliphatic rings. The molecular formula is C20H15Br2ClFNO. The summed E-state index contributed by atoms with van der Waals surface area (Å²) >= 11 is 13.1. The lowest BCUT2D eigenvalue weighted by Gasteiger charge is -2.13. The van der Waals surface area contributed by atoms with Crippen molar-refractivity contribution in [2.75, 3.05) is 5.32 Å². The summed E-state index contributed by atoms with van der Waals surface area (Å²) in [6, 6.07) is 17.9. The number of ether oxygens (including phenoxy) is 1. The summed E-state index contributed by atoms with van der Waals surface area (Å²) in [4.78, 5) is 0. The predicted octanol–water partition coefficient (Wildman–Crippen LogP) is 7.20. The summed E-state index contributed by atoms with van der Waals surface area (Å²) in [5.41, 5.74) is 2.80. The van der Waals surface area contributed by atoms with E-state index in [9.17, 15) is 4.39 Å². The lowest BCUT2D eigenvalue weighted by molar-refractivity contribution is 0.301. The largest absolute Gasteiger partial charge is 0.487 e. The van der Waals surface area contributed by atoms with Crippen molar-refractivity contribution in [1.29, 1.82) is 0 Å². The van der Waals surface area contributed by atoms with Crippen molar-refractivity contribution in [3.05, 3.63) is 91.6 Å². The number of hydrogen-bond donors (Lipinski definition) is 1. The molecule has 0 saturated carbocycles. The first-order valence-electron chi connectivity index (χ1n) is 7.86. The molecule has 0 amide bonds. The summed E-state index contributed by atoms with van der Waals surface area (Å²) in [6.07, 6.45) is 0. The maximum absolute atomic E-state index is 13.3. The van der Waals surface area contributed by atoms with Crippen molar-refractivity contribution in [3.63, 3.8) is 0 Å². The maximum atomic E-state index is 13.3. The quantitative estimate of drug-likeness (QED) is 0.387. The number of benzene rings is 3. The summed E-state index contributed by atoms with van der Waals surface area (Å²) in [5, 5.41) is 4.02. The van der Waals surface area contributed by atoms with Crippen molar-refractivity contribution in [3.8, 4) is 5.75 Å². The molecule has 3 rings (SSSR count). The predicted molar refractivity (Wildman–Crippen MR) is 111 cm³/mol. The van der Waals surface area contributed by atoms with Crippen LogP contribution in [0.4, 0.5) is 10.1 Å². The van der Waals surface area contributed by atoms with Gasteiger partial charge in [-0.05, 0) is 85.5 Å². The zero-order chi connectivity index (χ0) is 18.5. The van der Waals surface area contributed by atoms with Gasteiger partial charge in [-0.2, -0.15) is 0 Å². The van der Waals surface area contributed by atoms with Crippen LogP contribution in [0, 0.1) is 5.82 Å². The molecule has 0 spiro atoms. The average molecular weight is 500 g/mol. The van der Waals surface area contributed by atoms with E-state index < -0.39 is 0 Å². The second-order valence-electron chi connectivity index (χ2n) is 5.67. The van der Waals surface area contributed by atoms with E-state index >= 15 is 0 Å². The fraction of sp³-hybridized carbons (Fsp3) is 0.100. The van der Waals surface area contributed by atoms with Crippen molar-refractivity contribution >= 4 is 49.1 Å². The van der Waals surface area contributed by atoms with Crippen LogP contribution >= 0.6 is 43.5 Å². The highest BCUT2D eigenvalue weighted by molar-refractivity contribution is 9.11. The molecular weight excluding hydrogens is 484 g/mol. The monoisotopic (exact) mass is 497 g/mol. The van der Waals surface area contributed by atoms with Gasteiger partial charge in [0.15, 0.2) is 0 Å². The first kappa shape index (κ1) is 19.2. The van der Waals surface area contributed by atoms with Crippen molar-refractivity contribution < 1.29 is 9.13 Å². The van der Waals surface area contributed by atoms with Gasteiger partial charge in [0, 0.05) is 17.3 Å². The Balaban J connectivity index is 1.67. The molecule has 0 bridgehead atoms. The van der Waals surface area contributed by atoms with E-state index in [1.807, 2.05) is 42.5 Å². The summed E-state index contributed by atoms with van der Waals surface area (Å²) in [5.74, 6) is 0.410. The summed E-state index contributed by atoms with van der Waals surface area (Å²) in [6.45, 7) is 0.927. The Labute approximate surface area is 173 Å². The molecule has 0 saturated heterocycles. The van der Waals surface area contributed by atoms with E-state index in [-0.39, 0.29) is 12.4 Å². The number of rotatable bonds is 6. The highest BCUT2D eigenvalue weighted by Crippen LogP contribution is 2.35. The molecule has 0 aromatic heterocycles. The normalized spacial score (nSPS) is 10.6. The molecule has 0 aliphatic heterocycles. The number of nitrogens with one attached hydrogen (secondary N) is 1. The number of hydrogen-bond acceptors (Lipinski definition) is 2. The van der Waals surface area contributed by atoms with E-state index in [0.717, 1.165) is 25.8 Å². The van der Waals surface area contributed by atoms with Crippen LogP contribution < -0.4 is 10.1 Å². The Morgan fingerprint density at radius 2 is 1.65 bits per heavy atom. The minimum atomic E-state index is -0.272. The smallest absolute Gasteiger partial charge is 0.148 e. The van der Waals surface area contributed by atoms with Gasteiger partial charge in [0.1, 0.15) is 18.2 Å². The van der Waals surface area contributed by atoms with Crippen LogP contribution in [-0.4, -0.2) is 0 Å². The minimum Gasteiger partial charge on any atom is -0.487 e. The Morgan fingerprint density at radius 1 is 0.923 bits per heavy atom. The second-order valence-corrected chi connectivity index (χ2v) is 7.82. The highest BCUT2D eigenvalue weighted by Gasteiger charge is 2.10. The lowest BCUT2D eigenvalue weighted by Crippen LogP contribution is -2.01. The highest BCUT2D eigenvalue weighted by atomic mass is 79.9. The van der Waals surface area contributed by atoms with Gasteiger partial charge in [0.05, 0.1) is 8.95 Å². The fourth-order valence-electron chi connectivity index (χ4n) is 2.44. The van der Waals surface area contributed by atoms with Crippen molar-refractivity contribution in [2.24, 2.45) is 0 Å². The molecule has 3 aromatic rings. The van der Waals surface area contributed by atoms with Gasteiger partial charge >= 0.3 is 0 Å². The zero-order valence-electron chi connectivity index (χ0n) is 13.6. The summed E-state index contributed by atoms with van der Waals surface area (Å²) < 4.78 is 20.8. The van der Waals surface area contributed by atoms with E-state index in [2.05, 4.69) is 37.2 Å². The molecule has 0 radical (unpaired) electrons. The Hall–Kier alpha value is -1.56. The first-order chi connectivity index (χ1) is 12.5. The van der Waals surface area contributed by atoms with E-state index in [4.69, 9.17) is 16.3 Å². The Bertz CT molecular complexity index is 897. The average Bonchev–Trinajstić information content (AvgIpc) is 2.59. The zero-order valence-corrected chi connectivity index (χ0v) is 17.5. The number of anilines is 1. The van der Waals surface area contributed by atoms with Crippen LogP contribution in [0.15, 0.2) is 69.6 Å². The molecule has 2 nitrogen and oxygen atoms in total. The van der Waals surface area contributed by atoms with Crippen LogP contribution in [0.25, 0.3) is 0 Å².